The molecule has 2 aromatic carbocycles. The summed E-state index contributed by atoms with van der Waals surface area (Å²) in [6.45, 7) is 0. The van der Waals surface area contributed by atoms with Crippen LogP contribution in [0.25, 0.3) is 0 Å². The predicted molar refractivity (Wildman–Crippen MR) is 80.8 cm³/mol. The Kier molecular flexibility index (Phi) is 4.28. The zero-order valence-electron chi connectivity index (χ0n) is 11.8. The second-order valence-corrected chi connectivity index (χ2v) is 4.56. The van der Waals surface area contributed by atoms with E-state index in [2.05, 4.69) is 10.2 Å². The third kappa shape index (κ3) is 3.43. The first-order valence-electron chi connectivity index (χ1n) is 6.27. The van der Waals surface area contributed by atoms with Gasteiger partial charge in [0, 0.05) is 19.8 Å². The van der Waals surface area contributed by atoms with Crippen molar-refractivity contribution in [3.63, 3.8) is 0 Å². The largest absolute Gasteiger partial charge is 0.378 e. The molecule has 0 unspecified atom stereocenters. The minimum absolute atomic E-state index is 0.303. The highest BCUT2D eigenvalue weighted by Gasteiger charge is 2.02. The number of azo groups is 1. The Morgan fingerprint density at radius 1 is 0.810 bits per heavy atom. The van der Waals surface area contributed by atoms with Crippen LogP contribution in [0.1, 0.15) is 11.1 Å². The Morgan fingerprint density at radius 3 is 1.95 bits per heavy atom. The Hall–Kier alpha value is -3.18. The lowest BCUT2D eigenvalue weighted by molar-refractivity contribution is 1.13. The van der Waals surface area contributed by atoms with E-state index in [9.17, 15) is 0 Å². The summed E-state index contributed by atoms with van der Waals surface area (Å²) in [4.78, 5) is 2.00. The van der Waals surface area contributed by atoms with Crippen LogP contribution in [0.2, 0.25) is 0 Å². The molecule has 0 atom stereocenters. The van der Waals surface area contributed by atoms with Gasteiger partial charge in [-0.05, 0) is 42.5 Å². The minimum Gasteiger partial charge on any atom is -0.378 e. The van der Waals surface area contributed by atoms with Crippen LogP contribution < -0.4 is 4.90 Å². The van der Waals surface area contributed by atoms with E-state index in [0.29, 0.717) is 16.8 Å². The van der Waals surface area contributed by atoms with Crippen molar-refractivity contribution in [2.75, 3.05) is 19.0 Å². The van der Waals surface area contributed by atoms with Gasteiger partial charge in [0.25, 0.3) is 0 Å². The molecule has 102 valence electrons. The average Bonchev–Trinajstić information content (AvgIpc) is 2.52. The SMILES string of the molecule is CN(C)c1ccc(N=Nc2ccc(C#N)c(C#N)c2)cc1. The Labute approximate surface area is 123 Å². The normalized spacial score (nSPS) is 10.1. The fourth-order valence-electron chi connectivity index (χ4n) is 1.72. The van der Waals surface area contributed by atoms with E-state index in [4.69, 9.17) is 10.5 Å². The highest BCUT2D eigenvalue weighted by atomic mass is 15.1. The Bertz CT molecular complexity index is 746. The average molecular weight is 275 g/mol. The molecule has 0 heterocycles. The van der Waals surface area contributed by atoms with Crippen molar-refractivity contribution in [2.24, 2.45) is 10.2 Å². The first-order chi connectivity index (χ1) is 10.1. The van der Waals surface area contributed by atoms with E-state index in [1.54, 1.807) is 18.2 Å². The van der Waals surface area contributed by atoms with Crippen LogP contribution in [-0.2, 0) is 0 Å². The van der Waals surface area contributed by atoms with Crippen molar-refractivity contribution in [1.82, 2.24) is 0 Å². The van der Waals surface area contributed by atoms with Crippen LogP contribution in [-0.4, -0.2) is 14.1 Å². The van der Waals surface area contributed by atoms with E-state index in [0.717, 1.165) is 11.4 Å². The molecule has 0 saturated heterocycles. The molecule has 0 fully saturated rings. The topological polar surface area (TPSA) is 75.5 Å². The number of anilines is 1. The van der Waals surface area contributed by atoms with Gasteiger partial charge in [-0.25, -0.2) is 0 Å². The minimum atomic E-state index is 0.303. The summed E-state index contributed by atoms with van der Waals surface area (Å²) < 4.78 is 0. The predicted octanol–water partition coefficient (Wildman–Crippen LogP) is 3.91. The molecule has 0 aliphatic heterocycles. The molecule has 21 heavy (non-hydrogen) atoms. The first-order valence-corrected chi connectivity index (χ1v) is 6.27. The molecule has 0 amide bonds. The van der Waals surface area contributed by atoms with Crippen molar-refractivity contribution in [3.8, 4) is 12.1 Å². The van der Waals surface area contributed by atoms with Crippen molar-refractivity contribution < 1.29 is 0 Å². The quantitative estimate of drug-likeness (QED) is 0.797. The molecular weight excluding hydrogens is 262 g/mol. The first kappa shape index (κ1) is 14.2. The van der Waals surface area contributed by atoms with Crippen molar-refractivity contribution in [2.45, 2.75) is 0 Å². The van der Waals surface area contributed by atoms with E-state index in [1.807, 2.05) is 55.4 Å². The summed E-state index contributed by atoms with van der Waals surface area (Å²) in [7, 11) is 3.94. The van der Waals surface area contributed by atoms with Crippen molar-refractivity contribution in [1.29, 1.82) is 10.5 Å². The van der Waals surface area contributed by atoms with E-state index in [-0.39, 0.29) is 0 Å². The number of benzene rings is 2. The van der Waals surface area contributed by atoms with Gasteiger partial charge in [-0.3, -0.25) is 0 Å². The third-order valence-electron chi connectivity index (χ3n) is 2.89. The van der Waals surface area contributed by atoms with E-state index in [1.165, 1.54) is 0 Å². The van der Waals surface area contributed by atoms with Gasteiger partial charge in [0.05, 0.1) is 22.5 Å². The second-order valence-electron chi connectivity index (χ2n) is 4.56. The summed E-state index contributed by atoms with van der Waals surface area (Å²) >= 11 is 0. The van der Waals surface area contributed by atoms with Gasteiger partial charge in [0.2, 0.25) is 0 Å². The summed E-state index contributed by atoms with van der Waals surface area (Å²) in [6, 6.07) is 16.4. The van der Waals surface area contributed by atoms with Crippen molar-refractivity contribution in [3.05, 3.63) is 53.6 Å². The molecule has 5 heteroatoms. The molecule has 5 nitrogen and oxygen atoms in total. The zero-order valence-corrected chi connectivity index (χ0v) is 11.8. The van der Waals surface area contributed by atoms with E-state index < -0.39 is 0 Å². The molecule has 0 N–H and O–H groups in total. The molecule has 0 radical (unpaired) electrons. The molecule has 2 aromatic rings. The number of rotatable bonds is 3. The highest BCUT2D eigenvalue weighted by molar-refractivity contribution is 5.54. The van der Waals surface area contributed by atoms with E-state index >= 15 is 0 Å². The number of nitriles is 2. The smallest absolute Gasteiger partial charge is 0.101 e. The monoisotopic (exact) mass is 275 g/mol. The Balaban J connectivity index is 2.22. The van der Waals surface area contributed by atoms with Crippen LogP contribution in [0.5, 0.6) is 0 Å². The van der Waals surface area contributed by atoms with Crippen molar-refractivity contribution >= 4 is 17.1 Å². The van der Waals surface area contributed by atoms with Gasteiger partial charge in [-0.15, -0.1) is 0 Å². The summed E-state index contributed by atoms with van der Waals surface area (Å²) in [5.74, 6) is 0. The molecule has 0 aromatic heterocycles. The van der Waals surface area contributed by atoms with Gasteiger partial charge in [0.1, 0.15) is 12.1 Å². The van der Waals surface area contributed by atoms with Gasteiger partial charge < -0.3 is 4.90 Å². The number of nitrogens with zero attached hydrogens (tertiary/aromatic N) is 5. The lowest BCUT2D eigenvalue weighted by Gasteiger charge is -2.11. The molecular formula is C16H13N5. The van der Waals surface area contributed by atoms with Crippen LogP contribution in [0.3, 0.4) is 0 Å². The molecule has 0 saturated carbocycles. The van der Waals surface area contributed by atoms with Gasteiger partial charge in [-0.1, -0.05) is 0 Å². The fraction of sp³-hybridized carbons (Fsp3) is 0.125. The molecule has 0 spiro atoms. The maximum absolute atomic E-state index is 8.96. The molecule has 2 rings (SSSR count). The lowest BCUT2D eigenvalue weighted by Crippen LogP contribution is -2.07. The van der Waals surface area contributed by atoms with Crippen LogP contribution in [0, 0.1) is 22.7 Å². The highest BCUT2D eigenvalue weighted by Crippen LogP contribution is 2.22. The van der Waals surface area contributed by atoms with Gasteiger partial charge in [-0.2, -0.15) is 20.8 Å². The standard InChI is InChI=1S/C16H13N5/c1-21(2)16-7-5-14(6-8-16)19-20-15-4-3-12(10-17)13(9-15)11-18/h3-9H,1-2H3. The van der Waals surface area contributed by atoms with Crippen LogP contribution >= 0.6 is 0 Å². The van der Waals surface area contributed by atoms with Gasteiger partial charge in [0.15, 0.2) is 0 Å². The molecule has 0 aliphatic carbocycles. The molecule has 0 bridgehead atoms. The van der Waals surface area contributed by atoms with Crippen LogP contribution in [0.4, 0.5) is 17.1 Å². The lowest BCUT2D eigenvalue weighted by atomic mass is 10.1. The van der Waals surface area contributed by atoms with Crippen LogP contribution in [0.15, 0.2) is 52.7 Å². The number of hydrogen-bond donors (Lipinski definition) is 0. The Morgan fingerprint density at radius 2 is 1.38 bits per heavy atom. The zero-order chi connectivity index (χ0) is 15.2. The summed E-state index contributed by atoms with van der Waals surface area (Å²) in [6.07, 6.45) is 0. The maximum Gasteiger partial charge on any atom is 0.101 e. The second kappa shape index (κ2) is 6.31. The third-order valence-corrected chi connectivity index (χ3v) is 2.89. The maximum atomic E-state index is 8.96. The molecule has 0 aliphatic rings. The summed E-state index contributed by atoms with van der Waals surface area (Å²) in [5, 5.41) is 26.0. The summed E-state index contributed by atoms with van der Waals surface area (Å²) in [5.41, 5.74) is 2.99. The number of hydrogen-bond acceptors (Lipinski definition) is 5. The van der Waals surface area contributed by atoms with Gasteiger partial charge >= 0.3 is 0 Å². The fourth-order valence-corrected chi connectivity index (χ4v) is 1.72.